The van der Waals surface area contributed by atoms with Gasteiger partial charge in [-0.2, -0.15) is 0 Å². The Morgan fingerprint density at radius 1 is 0.755 bits per heavy atom. The van der Waals surface area contributed by atoms with Gasteiger partial charge >= 0.3 is 0 Å². The molecule has 0 spiro atoms. The van der Waals surface area contributed by atoms with Crippen LogP contribution in [0.25, 0.3) is 44.7 Å². The molecule has 0 amide bonds. The van der Waals surface area contributed by atoms with E-state index in [4.69, 9.17) is 19.3 Å². The number of hydrogen-bond donors (Lipinski definition) is 3. The van der Waals surface area contributed by atoms with Gasteiger partial charge in [-0.3, -0.25) is 5.32 Å². The van der Waals surface area contributed by atoms with Gasteiger partial charge in [-0.25, -0.2) is 0 Å². The highest BCUT2D eigenvalue weighted by Crippen LogP contribution is 2.47. The number of para-hydroxylation sites is 2. The summed E-state index contributed by atoms with van der Waals surface area (Å²) >= 11 is 0. The van der Waals surface area contributed by atoms with E-state index in [0.29, 0.717) is 11.8 Å². The largest absolute Gasteiger partial charge is 0.489 e. The van der Waals surface area contributed by atoms with Gasteiger partial charge in [0.25, 0.3) is 0 Å². The lowest BCUT2D eigenvalue weighted by Gasteiger charge is -2.34. The van der Waals surface area contributed by atoms with Crippen LogP contribution >= 0.6 is 0 Å². The summed E-state index contributed by atoms with van der Waals surface area (Å²) in [5, 5.41) is 10.7. The van der Waals surface area contributed by atoms with Crippen LogP contribution in [0.4, 0.5) is 0 Å². The first-order chi connectivity index (χ1) is 26.1. The van der Waals surface area contributed by atoms with Crippen molar-refractivity contribution in [3.05, 3.63) is 161 Å². The molecule has 5 atom stereocenters. The zero-order valence-corrected chi connectivity index (χ0v) is 29.7. The van der Waals surface area contributed by atoms with Crippen molar-refractivity contribution in [3.63, 3.8) is 0 Å². The average Bonchev–Trinajstić information content (AvgIpc) is 3.70. The lowest BCUT2D eigenvalue weighted by Crippen LogP contribution is -2.46. The molecule has 3 aliphatic rings. The number of ether oxygens (including phenoxy) is 1. The quantitative estimate of drug-likeness (QED) is 0.137. The summed E-state index contributed by atoms with van der Waals surface area (Å²) in [6.45, 7) is 4.50. The normalized spacial score (nSPS) is 20.5. The smallest absolute Gasteiger partial charge is 0.135 e. The molecule has 0 radical (unpaired) electrons. The van der Waals surface area contributed by atoms with Crippen molar-refractivity contribution in [2.75, 3.05) is 0 Å². The van der Waals surface area contributed by atoms with Crippen LogP contribution in [0, 0.1) is 0 Å². The molecule has 0 saturated heterocycles. The van der Waals surface area contributed by atoms with Gasteiger partial charge in [0.1, 0.15) is 40.5 Å². The molecule has 3 heterocycles. The van der Waals surface area contributed by atoms with Gasteiger partial charge in [0.05, 0.1) is 6.17 Å². The molecule has 1 fully saturated rings. The van der Waals surface area contributed by atoms with Crippen molar-refractivity contribution < 1.29 is 13.6 Å². The van der Waals surface area contributed by atoms with Gasteiger partial charge in [0.15, 0.2) is 0 Å². The van der Waals surface area contributed by atoms with Crippen LogP contribution in [-0.2, 0) is 6.42 Å². The van der Waals surface area contributed by atoms with Crippen LogP contribution in [0.2, 0.25) is 0 Å². The summed E-state index contributed by atoms with van der Waals surface area (Å²) in [5.41, 5.74) is 17.5. The summed E-state index contributed by atoms with van der Waals surface area (Å²) in [6.07, 6.45) is 8.00. The second-order valence-electron chi connectivity index (χ2n) is 15.0. The fourth-order valence-electron chi connectivity index (χ4n) is 9.09. The Kier molecular flexibility index (Phi) is 7.96. The lowest BCUT2D eigenvalue weighted by molar-refractivity contribution is 0.137. The molecule has 5 aromatic carbocycles. The Morgan fingerprint density at radius 2 is 1.58 bits per heavy atom. The highest BCUT2D eigenvalue weighted by atomic mass is 16.5. The second kappa shape index (κ2) is 13.1. The first kappa shape index (κ1) is 32.1. The number of aryl methyl sites for hydroxylation is 1. The highest BCUT2D eigenvalue weighted by molar-refractivity contribution is 6.06. The van der Waals surface area contributed by atoms with E-state index in [0.717, 1.165) is 87.1 Å². The maximum absolute atomic E-state index is 6.89. The standard InChI is InChI=1S/C47H43N3O3/c1-28(49-47(29-10-3-2-4-11-29)50-46(48)33-19-22-37-36-14-6-8-17-41(36)52-45(37)27-33)30-20-23-42-39(24-30)38-21-18-32(26-44(38)53-42)35-15-9-12-31-25-43(35)51-40-16-7-5-13-34(31)40/h2-8,10-11,13-14,16-18,20-21,23-24,26-27,31,35,43,46-47,49-50H,1,9,12,15,19,22,25,48H2. The molecule has 2 bridgehead atoms. The summed E-state index contributed by atoms with van der Waals surface area (Å²) in [7, 11) is 0. The van der Waals surface area contributed by atoms with Gasteiger partial charge in [-0.1, -0.05) is 91.9 Å². The third kappa shape index (κ3) is 5.83. The van der Waals surface area contributed by atoms with Crippen molar-refractivity contribution in [1.82, 2.24) is 10.6 Å². The minimum absolute atomic E-state index is 0.177. The van der Waals surface area contributed by atoms with E-state index in [1.807, 2.05) is 30.3 Å². The Morgan fingerprint density at radius 3 is 2.51 bits per heavy atom. The zero-order valence-electron chi connectivity index (χ0n) is 29.7. The van der Waals surface area contributed by atoms with Gasteiger partial charge < -0.3 is 24.6 Å². The number of fused-ring (bicyclic) bond motifs is 10. The van der Waals surface area contributed by atoms with Crippen molar-refractivity contribution >= 4 is 44.7 Å². The van der Waals surface area contributed by atoms with Crippen molar-refractivity contribution in [2.24, 2.45) is 5.73 Å². The highest BCUT2D eigenvalue weighted by Gasteiger charge is 2.36. The SMILES string of the molecule is C=C(NC(NC(N)C1=Cc2oc3ccccc3c2CC1)c1ccccc1)c1ccc2oc3cc(C4CCCC5CC4Oc4ccccc45)ccc3c2c1. The molecule has 2 aliphatic carbocycles. The molecule has 2 aromatic heterocycles. The summed E-state index contributed by atoms with van der Waals surface area (Å²) < 4.78 is 19.3. The maximum Gasteiger partial charge on any atom is 0.135 e. The number of furan rings is 2. The fourth-order valence-corrected chi connectivity index (χ4v) is 9.09. The predicted octanol–water partition coefficient (Wildman–Crippen LogP) is 10.7. The topological polar surface area (TPSA) is 85.6 Å². The molecule has 4 N–H and O–H groups in total. The van der Waals surface area contributed by atoms with Crippen LogP contribution < -0.4 is 21.1 Å². The summed E-state index contributed by atoms with van der Waals surface area (Å²) in [6, 6.07) is 40.3. The molecule has 264 valence electrons. The molecule has 53 heavy (non-hydrogen) atoms. The molecule has 5 unspecified atom stereocenters. The number of nitrogens with one attached hydrogen (secondary N) is 2. The van der Waals surface area contributed by atoms with Crippen LogP contribution in [0.5, 0.6) is 5.75 Å². The van der Waals surface area contributed by atoms with Crippen molar-refractivity contribution in [1.29, 1.82) is 0 Å². The molecule has 6 heteroatoms. The Bertz CT molecular complexity index is 2530. The average molecular weight is 698 g/mol. The number of rotatable bonds is 8. The molecule has 1 aliphatic heterocycles. The van der Waals surface area contributed by atoms with E-state index in [1.165, 1.54) is 34.9 Å². The third-order valence-corrected chi connectivity index (χ3v) is 11.8. The number of benzene rings is 5. The number of hydrogen-bond acceptors (Lipinski definition) is 6. The molecule has 7 aromatic rings. The monoisotopic (exact) mass is 697 g/mol. The van der Waals surface area contributed by atoms with E-state index < -0.39 is 0 Å². The number of nitrogens with two attached hydrogens (primary N) is 1. The zero-order chi connectivity index (χ0) is 35.5. The predicted molar refractivity (Wildman–Crippen MR) is 214 cm³/mol. The van der Waals surface area contributed by atoms with Crippen LogP contribution in [0.1, 0.15) is 83.7 Å². The molecular weight excluding hydrogens is 655 g/mol. The minimum atomic E-state index is -0.385. The maximum atomic E-state index is 6.89. The van der Waals surface area contributed by atoms with E-state index in [-0.39, 0.29) is 18.4 Å². The third-order valence-electron chi connectivity index (χ3n) is 11.8. The van der Waals surface area contributed by atoms with Crippen molar-refractivity contribution in [3.8, 4) is 5.75 Å². The Labute approximate surface area is 309 Å². The first-order valence-corrected chi connectivity index (χ1v) is 19.0. The van der Waals surface area contributed by atoms with E-state index >= 15 is 0 Å². The van der Waals surface area contributed by atoms with E-state index in [1.54, 1.807) is 0 Å². The van der Waals surface area contributed by atoms with Gasteiger partial charge in [0.2, 0.25) is 0 Å². The van der Waals surface area contributed by atoms with E-state index in [9.17, 15) is 0 Å². The van der Waals surface area contributed by atoms with Crippen LogP contribution in [0.3, 0.4) is 0 Å². The van der Waals surface area contributed by atoms with Gasteiger partial charge in [-0.15, -0.1) is 0 Å². The van der Waals surface area contributed by atoms with Gasteiger partial charge in [-0.05, 0) is 108 Å². The van der Waals surface area contributed by atoms with Gasteiger partial charge in [0, 0.05) is 33.3 Å². The summed E-state index contributed by atoms with van der Waals surface area (Å²) in [4.78, 5) is 0. The van der Waals surface area contributed by atoms with Crippen molar-refractivity contribution in [2.45, 2.75) is 68.8 Å². The Hall–Kier alpha value is -5.56. The fraction of sp³-hybridized carbons (Fsp3) is 0.234. The summed E-state index contributed by atoms with van der Waals surface area (Å²) in [5.74, 6) is 2.88. The first-order valence-electron chi connectivity index (χ1n) is 19.0. The molecule has 6 nitrogen and oxygen atoms in total. The van der Waals surface area contributed by atoms with Crippen LogP contribution in [0.15, 0.2) is 136 Å². The van der Waals surface area contributed by atoms with E-state index in [2.05, 4.69) is 108 Å². The lowest BCUT2D eigenvalue weighted by atomic mass is 9.84. The molecular formula is C47H43N3O3. The molecule has 10 rings (SSSR count). The molecule has 1 saturated carbocycles. The minimum Gasteiger partial charge on any atom is -0.489 e. The Balaban J connectivity index is 0.901. The van der Waals surface area contributed by atoms with Crippen LogP contribution in [-0.4, -0.2) is 12.3 Å². The second-order valence-corrected chi connectivity index (χ2v) is 15.0.